The lowest BCUT2D eigenvalue weighted by Crippen LogP contribution is -2.56. The molecule has 9 nitrogen and oxygen atoms in total. The highest BCUT2D eigenvalue weighted by atomic mass is 35.5. The number of aromatic nitrogens is 4. The van der Waals surface area contributed by atoms with Gasteiger partial charge in [0.1, 0.15) is 24.0 Å². The van der Waals surface area contributed by atoms with Crippen LogP contribution in [0.1, 0.15) is 20.3 Å². The van der Waals surface area contributed by atoms with Crippen LogP contribution in [0, 0.1) is 11.7 Å². The van der Waals surface area contributed by atoms with Crippen LogP contribution in [0.3, 0.4) is 0 Å². The summed E-state index contributed by atoms with van der Waals surface area (Å²) in [6.07, 6.45) is 3.01. The molecule has 4 atom stereocenters. The van der Waals surface area contributed by atoms with E-state index in [0.717, 1.165) is 24.2 Å². The summed E-state index contributed by atoms with van der Waals surface area (Å²) >= 11 is 5.91. The Kier molecular flexibility index (Phi) is 6.43. The number of nitrogens with one attached hydrogen (secondary N) is 3. The fourth-order valence-corrected chi connectivity index (χ4v) is 4.17. The molecule has 3 heterocycles. The Morgan fingerprint density at radius 3 is 2.94 bits per heavy atom. The van der Waals surface area contributed by atoms with Gasteiger partial charge in [0.25, 0.3) is 0 Å². The largest absolute Gasteiger partial charge is 0.391 e. The topological polar surface area (TPSA) is 119 Å². The van der Waals surface area contributed by atoms with Crippen LogP contribution in [-0.2, 0) is 4.79 Å². The smallest absolute Gasteiger partial charge is 0.245 e. The molecule has 4 rings (SSSR count). The van der Waals surface area contributed by atoms with E-state index >= 15 is 0 Å². The standard InChI is InChI=1S/C21H25ClFN7O2/c1-11-3-4-30(20-16-8-26-29-19(16)24-10-25-20)9-17(11)28-21(32)18(12(2)31)27-15-6-13(22)5-14(23)7-15/h5-8,10-12,17-18,27,31H,3-4,9H2,1-2H3,(H,28,32)(H,24,25,26,29)/t11-,12+,17-,18+/m0/s1. The van der Waals surface area contributed by atoms with E-state index in [4.69, 9.17) is 11.6 Å². The zero-order chi connectivity index (χ0) is 22.8. The Balaban J connectivity index is 1.49. The molecule has 1 saturated heterocycles. The van der Waals surface area contributed by atoms with E-state index in [0.29, 0.717) is 17.9 Å². The van der Waals surface area contributed by atoms with Crippen molar-refractivity contribution in [2.24, 2.45) is 5.92 Å². The molecule has 0 spiro atoms. The second kappa shape index (κ2) is 9.25. The van der Waals surface area contributed by atoms with Gasteiger partial charge < -0.3 is 20.6 Å². The van der Waals surface area contributed by atoms with E-state index in [1.807, 2.05) is 0 Å². The van der Waals surface area contributed by atoms with Gasteiger partial charge in [0, 0.05) is 29.8 Å². The number of aliphatic hydroxyl groups is 1. The molecule has 4 N–H and O–H groups in total. The summed E-state index contributed by atoms with van der Waals surface area (Å²) in [5.74, 6) is 0.0663. The fourth-order valence-electron chi connectivity index (χ4n) is 3.95. The van der Waals surface area contributed by atoms with Crippen LogP contribution < -0.4 is 15.5 Å². The maximum absolute atomic E-state index is 13.7. The fraction of sp³-hybridized carbons (Fsp3) is 0.429. The van der Waals surface area contributed by atoms with Crippen LogP contribution in [0.25, 0.3) is 11.0 Å². The Bertz CT molecular complexity index is 1090. The molecular formula is C21H25ClFN7O2. The molecule has 1 amide bonds. The first-order chi connectivity index (χ1) is 15.3. The SMILES string of the molecule is C[C@@H](O)[C@@H](Nc1cc(F)cc(Cl)c1)C(=O)N[C@H]1CN(c2ncnc3[nH]ncc23)CC[C@@H]1C. The number of amides is 1. The van der Waals surface area contributed by atoms with Crippen molar-refractivity contribution in [1.82, 2.24) is 25.5 Å². The number of rotatable bonds is 6. The van der Waals surface area contributed by atoms with Crippen LogP contribution in [0.4, 0.5) is 15.9 Å². The van der Waals surface area contributed by atoms with Gasteiger partial charge in [-0.2, -0.15) is 5.10 Å². The summed E-state index contributed by atoms with van der Waals surface area (Å²) in [6.45, 7) is 4.91. The van der Waals surface area contributed by atoms with Crippen LogP contribution in [0.2, 0.25) is 5.02 Å². The van der Waals surface area contributed by atoms with Gasteiger partial charge >= 0.3 is 0 Å². The minimum Gasteiger partial charge on any atom is -0.391 e. The van der Waals surface area contributed by atoms with Crippen molar-refractivity contribution >= 4 is 40.0 Å². The summed E-state index contributed by atoms with van der Waals surface area (Å²) in [7, 11) is 0. The quantitative estimate of drug-likeness (QED) is 0.445. The zero-order valence-electron chi connectivity index (χ0n) is 17.7. The van der Waals surface area contributed by atoms with Gasteiger partial charge in [-0.05, 0) is 37.5 Å². The Morgan fingerprint density at radius 2 is 2.19 bits per heavy atom. The molecule has 0 unspecified atom stereocenters. The summed E-state index contributed by atoms with van der Waals surface area (Å²) in [5.41, 5.74) is 0.971. The molecule has 1 aliphatic rings. The molecule has 0 aliphatic carbocycles. The molecule has 170 valence electrons. The van der Waals surface area contributed by atoms with Gasteiger partial charge in [0.15, 0.2) is 5.65 Å². The average molecular weight is 462 g/mol. The monoisotopic (exact) mass is 461 g/mol. The van der Waals surface area contributed by atoms with E-state index in [1.165, 1.54) is 31.5 Å². The molecule has 0 bridgehead atoms. The van der Waals surface area contributed by atoms with Crippen molar-refractivity contribution < 1.29 is 14.3 Å². The summed E-state index contributed by atoms with van der Waals surface area (Å²) in [5, 5.41) is 24.0. The van der Waals surface area contributed by atoms with Crippen LogP contribution in [-0.4, -0.2) is 62.5 Å². The van der Waals surface area contributed by atoms with Gasteiger partial charge in [-0.25, -0.2) is 14.4 Å². The third-order valence-corrected chi connectivity index (χ3v) is 5.98. The van der Waals surface area contributed by atoms with E-state index < -0.39 is 18.0 Å². The number of hydrogen-bond acceptors (Lipinski definition) is 7. The number of aliphatic hydroxyl groups excluding tert-OH is 1. The number of carbonyl (C=O) groups is 1. The highest BCUT2D eigenvalue weighted by molar-refractivity contribution is 6.30. The normalized spacial score (nSPS) is 20.7. The van der Waals surface area contributed by atoms with Gasteiger partial charge in [-0.3, -0.25) is 9.89 Å². The number of H-pyrrole nitrogens is 1. The highest BCUT2D eigenvalue weighted by Crippen LogP contribution is 2.27. The zero-order valence-corrected chi connectivity index (χ0v) is 18.5. The second-order valence-electron chi connectivity index (χ2n) is 8.18. The first kappa shape index (κ1) is 22.2. The lowest BCUT2D eigenvalue weighted by Gasteiger charge is -2.39. The molecular weight excluding hydrogens is 437 g/mol. The number of carbonyl (C=O) groups excluding carboxylic acids is 1. The van der Waals surface area contributed by atoms with Gasteiger partial charge in [-0.1, -0.05) is 18.5 Å². The first-order valence-electron chi connectivity index (χ1n) is 10.4. The number of fused-ring (bicyclic) bond motifs is 1. The van der Waals surface area contributed by atoms with Crippen molar-refractivity contribution in [2.75, 3.05) is 23.3 Å². The van der Waals surface area contributed by atoms with Crippen LogP contribution in [0.5, 0.6) is 0 Å². The highest BCUT2D eigenvalue weighted by Gasteiger charge is 2.32. The number of anilines is 2. The lowest BCUT2D eigenvalue weighted by atomic mass is 9.92. The molecule has 1 aliphatic heterocycles. The van der Waals surface area contributed by atoms with E-state index in [9.17, 15) is 14.3 Å². The predicted molar refractivity (Wildman–Crippen MR) is 120 cm³/mol. The molecule has 32 heavy (non-hydrogen) atoms. The number of benzene rings is 1. The van der Waals surface area contributed by atoms with Crippen molar-refractivity contribution in [1.29, 1.82) is 0 Å². The third kappa shape index (κ3) is 4.76. The maximum atomic E-state index is 13.7. The number of halogens is 2. The number of piperidine rings is 1. The number of aromatic amines is 1. The molecule has 3 aromatic rings. The lowest BCUT2D eigenvalue weighted by molar-refractivity contribution is -0.124. The molecule has 1 fully saturated rings. The van der Waals surface area contributed by atoms with Crippen LogP contribution in [0.15, 0.2) is 30.7 Å². The van der Waals surface area contributed by atoms with E-state index in [1.54, 1.807) is 6.20 Å². The van der Waals surface area contributed by atoms with Gasteiger partial charge in [0.2, 0.25) is 5.91 Å². The first-order valence-corrected chi connectivity index (χ1v) is 10.8. The second-order valence-corrected chi connectivity index (χ2v) is 8.61. The van der Waals surface area contributed by atoms with Gasteiger partial charge in [0.05, 0.1) is 17.7 Å². The molecule has 0 saturated carbocycles. The average Bonchev–Trinajstić information content (AvgIpc) is 3.21. The van der Waals surface area contributed by atoms with E-state index in [2.05, 4.69) is 42.6 Å². The minimum absolute atomic E-state index is 0.174. The summed E-state index contributed by atoms with van der Waals surface area (Å²) < 4.78 is 13.7. The van der Waals surface area contributed by atoms with Crippen molar-refractivity contribution in [3.8, 4) is 0 Å². The van der Waals surface area contributed by atoms with Crippen molar-refractivity contribution in [3.05, 3.63) is 41.6 Å². The molecule has 11 heteroatoms. The van der Waals surface area contributed by atoms with E-state index in [-0.39, 0.29) is 22.9 Å². The summed E-state index contributed by atoms with van der Waals surface area (Å²) in [4.78, 5) is 23.8. The molecule has 1 aromatic carbocycles. The Hall–Kier alpha value is -2.98. The minimum atomic E-state index is -1.01. The third-order valence-electron chi connectivity index (χ3n) is 5.76. The summed E-state index contributed by atoms with van der Waals surface area (Å²) in [6, 6.07) is 2.75. The Labute approximate surface area is 189 Å². The van der Waals surface area contributed by atoms with Crippen LogP contribution >= 0.6 is 11.6 Å². The van der Waals surface area contributed by atoms with Crippen molar-refractivity contribution in [3.63, 3.8) is 0 Å². The number of nitrogens with zero attached hydrogens (tertiary/aromatic N) is 4. The Morgan fingerprint density at radius 1 is 1.38 bits per heavy atom. The van der Waals surface area contributed by atoms with Gasteiger partial charge in [-0.15, -0.1) is 0 Å². The molecule has 2 aromatic heterocycles. The predicted octanol–water partition coefficient (Wildman–Crippen LogP) is 2.34. The molecule has 0 radical (unpaired) electrons. The maximum Gasteiger partial charge on any atom is 0.245 e. The van der Waals surface area contributed by atoms with Crippen molar-refractivity contribution in [2.45, 2.75) is 38.5 Å². The number of hydrogen-bond donors (Lipinski definition) is 4.